The Kier molecular flexibility index (Phi) is 11.3. The fraction of sp³-hybridized carbons (Fsp3) is 0.441. The highest BCUT2D eigenvalue weighted by Gasteiger charge is 2.35. The molecule has 47 heavy (non-hydrogen) atoms. The smallest absolute Gasteiger partial charge is 0.408 e. The van der Waals surface area contributed by atoms with Gasteiger partial charge in [0.25, 0.3) is 5.91 Å². The molecule has 13 heteroatoms. The van der Waals surface area contributed by atoms with Crippen molar-refractivity contribution in [3.63, 3.8) is 0 Å². The number of anilines is 1. The molecule has 1 aliphatic heterocycles. The molecule has 2 heterocycles. The number of alkyl carbamates (subject to hydrolysis) is 1. The number of hydrogen-bond acceptors (Lipinski definition) is 7. The van der Waals surface area contributed by atoms with E-state index in [4.69, 9.17) is 9.47 Å². The molecule has 12 nitrogen and oxygen atoms in total. The van der Waals surface area contributed by atoms with Crippen LogP contribution in [0.1, 0.15) is 64.6 Å². The van der Waals surface area contributed by atoms with E-state index in [0.717, 1.165) is 18.4 Å². The van der Waals surface area contributed by atoms with Gasteiger partial charge in [-0.2, -0.15) is 0 Å². The first-order valence-corrected chi connectivity index (χ1v) is 15.5. The summed E-state index contributed by atoms with van der Waals surface area (Å²) in [5.74, 6) is -2.04. The van der Waals surface area contributed by atoms with E-state index in [1.165, 1.54) is 37.0 Å². The summed E-state index contributed by atoms with van der Waals surface area (Å²) in [7, 11) is 0. The zero-order valence-electron chi connectivity index (χ0n) is 27.4. The Morgan fingerprint density at radius 1 is 0.957 bits per heavy atom. The number of rotatable bonds is 12. The van der Waals surface area contributed by atoms with Crippen molar-refractivity contribution in [2.45, 2.75) is 77.3 Å². The van der Waals surface area contributed by atoms with E-state index in [1.54, 1.807) is 43.9 Å². The zero-order valence-corrected chi connectivity index (χ0v) is 27.4. The fourth-order valence-corrected chi connectivity index (χ4v) is 4.99. The molecular formula is C34H43FN6O6. The summed E-state index contributed by atoms with van der Waals surface area (Å²) >= 11 is 0. The number of ether oxygens (including phenoxy) is 2. The van der Waals surface area contributed by atoms with Crippen LogP contribution < -0.4 is 16.0 Å². The monoisotopic (exact) mass is 650 g/mol. The van der Waals surface area contributed by atoms with Gasteiger partial charge < -0.3 is 34.9 Å². The zero-order chi connectivity index (χ0) is 34.2. The minimum Gasteiger partial charge on any atom is -0.444 e. The molecule has 0 aliphatic carbocycles. The topological polar surface area (TPSA) is 144 Å². The Bertz CT molecular complexity index is 1550. The molecule has 0 radical (unpaired) electrons. The minimum atomic E-state index is -1.45. The summed E-state index contributed by atoms with van der Waals surface area (Å²) in [5, 5.41) is 7.86. The number of carbonyl (C=O) groups is 4. The van der Waals surface area contributed by atoms with Crippen molar-refractivity contribution in [1.29, 1.82) is 0 Å². The number of nitrogens with zero attached hydrogens (tertiary/aromatic N) is 3. The molecule has 1 unspecified atom stereocenters. The van der Waals surface area contributed by atoms with Crippen molar-refractivity contribution in [2.24, 2.45) is 0 Å². The molecule has 4 amide bonds. The molecule has 3 aromatic rings. The average Bonchev–Trinajstić information content (AvgIpc) is 3.70. The largest absolute Gasteiger partial charge is 0.444 e. The fourth-order valence-electron chi connectivity index (χ4n) is 4.99. The molecule has 1 aliphatic rings. The molecule has 2 atom stereocenters. The Labute approximate surface area is 274 Å². The third-order valence-corrected chi connectivity index (χ3v) is 7.40. The summed E-state index contributed by atoms with van der Waals surface area (Å²) in [6, 6.07) is 13.1. The van der Waals surface area contributed by atoms with Gasteiger partial charge >= 0.3 is 6.09 Å². The highest BCUT2D eigenvalue weighted by molar-refractivity contribution is 5.98. The van der Waals surface area contributed by atoms with E-state index in [2.05, 4.69) is 20.9 Å². The maximum Gasteiger partial charge on any atom is 0.408 e. The number of amides is 4. The maximum atomic E-state index is 15.0. The van der Waals surface area contributed by atoms with E-state index < -0.39 is 46.9 Å². The molecule has 1 saturated heterocycles. The molecule has 2 aromatic carbocycles. The molecule has 252 valence electrons. The highest BCUT2D eigenvalue weighted by Crippen LogP contribution is 2.26. The van der Waals surface area contributed by atoms with Crippen molar-refractivity contribution >= 4 is 29.6 Å². The van der Waals surface area contributed by atoms with Gasteiger partial charge in [0.05, 0.1) is 19.5 Å². The molecule has 3 N–H and O–H groups in total. The lowest BCUT2D eigenvalue weighted by molar-refractivity contribution is -0.132. The number of carbonyl (C=O) groups excluding carboxylic acids is 4. The standard InChI is InChI=1S/C34H43FN6O6/c1-33(2,3)47-32(45)39-34(4,5)31(44)37-26(21-46-20-23-13-7-6-8-14-23)29(42)38-27-19-41(22-36-27)28(24-15-9-10-16-25(24)35)30(43)40-17-11-12-18-40/h6-10,13-16,19,22,26,28H,11-12,17-18,20-21H2,1-5H3,(H,37,44)(H,38,42)(H,39,45)/t26-,28?/m1/s1. The van der Waals surface area contributed by atoms with Crippen LogP contribution in [-0.4, -0.2) is 75.1 Å². The summed E-state index contributed by atoms with van der Waals surface area (Å²) in [6.45, 7) is 9.18. The van der Waals surface area contributed by atoms with Gasteiger partial charge in [-0.25, -0.2) is 14.2 Å². The molecule has 0 bridgehead atoms. The van der Waals surface area contributed by atoms with Crippen molar-refractivity contribution in [1.82, 2.24) is 25.1 Å². The van der Waals surface area contributed by atoms with Gasteiger partial charge in [0.1, 0.15) is 29.0 Å². The number of benzene rings is 2. The summed E-state index contributed by atoms with van der Waals surface area (Å²) in [5.41, 5.74) is -1.19. The Balaban J connectivity index is 1.52. The second-order valence-corrected chi connectivity index (χ2v) is 12.9. The molecular weight excluding hydrogens is 607 g/mol. The summed E-state index contributed by atoms with van der Waals surface area (Å²) in [4.78, 5) is 58.8. The van der Waals surface area contributed by atoms with Crippen molar-refractivity contribution in [3.8, 4) is 0 Å². The van der Waals surface area contributed by atoms with Crippen LogP contribution in [0.3, 0.4) is 0 Å². The van der Waals surface area contributed by atoms with E-state index in [1.807, 2.05) is 30.3 Å². The molecule has 0 saturated carbocycles. The maximum absolute atomic E-state index is 15.0. The van der Waals surface area contributed by atoms with Crippen LogP contribution >= 0.6 is 0 Å². The number of halogens is 1. The Hall–Kier alpha value is -4.78. The van der Waals surface area contributed by atoms with Gasteiger partial charge in [0.15, 0.2) is 5.82 Å². The predicted molar refractivity (Wildman–Crippen MR) is 173 cm³/mol. The van der Waals surface area contributed by atoms with Gasteiger partial charge in [0.2, 0.25) is 11.8 Å². The van der Waals surface area contributed by atoms with Crippen molar-refractivity contribution < 1.29 is 33.0 Å². The highest BCUT2D eigenvalue weighted by atomic mass is 19.1. The van der Waals surface area contributed by atoms with Gasteiger partial charge in [-0.3, -0.25) is 14.4 Å². The number of likely N-dealkylation sites (tertiary alicyclic amines) is 1. The van der Waals surface area contributed by atoms with Crippen LogP contribution in [0.15, 0.2) is 67.1 Å². The number of hydrogen-bond donors (Lipinski definition) is 3. The van der Waals surface area contributed by atoms with E-state index in [-0.39, 0.29) is 30.5 Å². The molecule has 0 spiro atoms. The predicted octanol–water partition coefficient (Wildman–Crippen LogP) is 4.18. The van der Waals surface area contributed by atoms with Gasteiger partial charge in [-0.1, -0.05) is 48.5 Å². The first-order valence-electron chi connectivity index (χ1n) is 15.5. The van der Waals surface area contributed by atoms with Gasteiger partial charge in [-0.05, 0) is 59.1 Å². The molecule has 4 rings (SSSR count). The summed E-state index contributed by atoms with van der Waals surface area (Å²) in [6.07, 6.45) is 3.74. The lowest BCUT2D eigenvalue weighted by Gasteiger charge is -2.29. The third-order valence-electron chi connectivity index (χ3n) is 7.40. The average molecular weight is 651 g/mol. The lowest BCUT2D eigenvalue weighted by atomic mass is 10.0. The van der Waals surface area contributed by atoms with Crippen LogP contribution in [0.5, 0.6) is 0 Å². The van der Waals surface area contributed by atoms with Crippen LogP contribution in [0, 0.1) is 5.82 Å². The molecule has 1 fully saturated rings. The SMILES string of the molecule is CC(C)(C)OC(=O)NC(C)(C)C(=O)N[C@H](COCc1ccccc1)C(=O)Nc1cn(C(C(=O)N2CCCC2)c2ccccc2F)cn1. The van der Waals surface area contributed by atoms with Crippen molar-refractivity contribution in [3.05, 3.63) is 84.1 Å². The minimum absolute atomic E-state index is 0.0824. The first kappa shape index (κ1) is 35.1. The van der Waals surface area contributed by atoms with E-state index >= 15 is 0 Å². The quantitative estimate of drug-likeness (QED) is 0.267. The van der Waals surface area contributed by atoms with Gasteiger partial charge in [-0.15, -0.1) is 0 Å². The summed E-state index contributed by atoms with van der Waals surface area (Å²) < 4.78 is 27.5. The first-order chi connectivity index (χ1) is 22.2. The number of aromatic nitrogens is 2. The second-order valence-electron chi connectivity index (χ2n) is 12.9. The second kappa shape index (κ2) is 15.2. The van der Waals surface area contributed by atoms with Crippen LogP contribution in [0.4, 0.5) is 15.0 Å². The lowest BCUT2D eigenvalue weighted by Crippen LogP contribution is -2.59. The van der Waals surface area contributed by atoms with Crippen LogP contribution in [0.2, 0.25) is 0 Å². The Morgan fingerprint density at radius 2 is 1.62 bits per heavy atom. The number of nitrogens with one attached hydrogen (secondary N) is 3. The van der Waals surface area contributed by atoms with E-state index in [0.29, 0.717) is 13.1 Å². The van der Waals surface area contributed by atoms with Crippen LogP contribution in [-0.2, 0) is 30.5 Å². The van der Waals surface area contributed by atoms with Crippen LogP contribution in [0.25, 0.3) is 0 Å². The van der Waals surface area contributed by atoms with Gasteiger partial charge in [0, 0.05) is 24.8 Å². The molecule has 1 aromatic heterocycles. The normalized spacial score (nSPS) is 14.6. The Morgan fingerprint density at radius 3 is 2.28 bits per heavy atom. The van der Waals surface area contributed by atoms with E-state index in [9.17, 15) is 23.6 Å². The third kappa shape index (κ3) is 9.85. The number of imidazole rings is 1. The van der Waals surface area contributed by atoms with Crippen molar-refractivity contribution in [2.75, 3.05) is 25.0 Å².